The van der Waals surface area contributed by atoms with Gasteiger partial charge >= 0.3 is 6.18 Å². The van der Waals surface area contributed by atoms with Crippen LogP contribution in [-0.4, -0.2) is 24.7 Å². The summed E-state index contributed by atoms with van der Waals surface area (Å²) in [4.78, 5) is 6.83. The first-order valence-corrected chi connectivity index (χ1v) is 6.00. The third-order valence-corrected chi connectivity index (χ3v) is 2.62. The smallest absolute Gasteiger partial charge is 0.363 e. The van der Waals surface area contributed by atoms with E-state index in [0.717, 1.165) is 6.07 Å². The topological polar surface area (TPSA) is 68.5 Å². The van der Waals surface area contributed by atoms with Crippen LogP contribution >= 0.6 is 11.6 Å². The molecule has 0 aromatic carbocycles. The summed E-state index contributed by atoms with van der Waals surface area (Å²) in [6, 6.07) is 0.790. The maximum atomic E-state index is 12.6. The zero-order valence-electron chi connectivity index (χ0n) is 10.3. The molecule has 10 heteroatoms. The van der Waals surface area contributed by atoms with Crippen molar-refractivity contribution >= 4 is 17.4 Å². The van der Waals surface area contributed by atoms with Gasteiger partial charge in [-0.05, 0) is 18.5 Å². The predicted octanol–water partition coefficient (Wildman–Crippen LogP) is 2.37. The molecule has 2 heterocycles. The Morgan fingerprint density at radius 1 is 1.35 bits per heavy atom. The van der Waals surface area contributed by atoms with Crippen LogP contribution in [0.25, 0.3) is 0 Å². The average molecular weight is 307 g/mol. The second kappa shape index (κ2) is 5.61. The molecular weight excluding hydrogens is 297 g/mol. The molecule has 0 bridgehead atoms. The summed E-state index contributed by atoms with van der Waals surface area (Å²) in [6.45, 7) is 2.73. The van der Waals surface area contributed by atoms with E-state index in [-0.39, 0.29) is 12.4 Å². The molecule has 0 radical (unpaired) electrons. The molecule has 0 saturated carbocycles. The molecule has 2 aromatic heterocycles. The van der Waals surface area contributed by atoms with Crippen LogP contribution in [0, 0.1) is 0 Å². The fourth-order valence-electron chi connectivity index (χ4n) is 1.50. The zero-order chi connectivity index (χ0) is 14.8. The summed E-state index contributed by atoms with van der Waals surface area (Å²) in [5.74, 6) is 0.554. The van der Waals surface area contributed by atoms with E-state index in [0.29, 0.717) is 12.4 Å². The number of hydrogen-bond donors (Lipinski definition) is 1. The molecule has 0 atom stereocenters. The minimum absolute atomic E-state index is 0.0250. The fraction of sp³-hybridized carbons (Fsp3) is 0.400. The van der Waals surface area contributed by atoms with Gasteiger partial charge in [0.05, 0.1) is 6.54 Å². The fourth-order valence-corrected chi connectivity index (χ4v) is 1.69. The maximum Gasteiger partial charge on any atom is 0.433 e. The second-order valence-electron chi connectivity index (χ2n) is 3.79. The summed E-state index contributed by atoms with van der Waals surface area (Å²) in [7, 11) is 0. The first kappa shape index (κ1) is 14.5. The third kappa shape index (κ3) is 3.35. The highest BCUT2D eigenvalue weighted by atomic mass is 35.5. The number of alkyl halides is 3. The molecule has 0 aliphatic rings. The lowest BCUT2D eigenvalue weighted by Gasteiger charge is -2.10. The van der Waals surface area contributed by atoms with Crippen molar-refractivity contribution in [2.75, 3.05) is 5.32 Å². The van der Waals surface area contributed by atoms with Crippen LogP contribution in [-0.2, 0) is 19.3 Å². The average Bonchev–Trinajstić information content (AvgIpc) is 2.82. The Hall–Kier alpha value is -1.90. The molecule has 0 fully saturated rings. The molecule has 0 amide bonds. The molecule has 2 rings (SSSR count). The van der Waals surface area contributed by atoms with E-state index < -0.39 is 17.2 Å². The molecule has 1 N–H and O–H groups in total. The van der Waals surface area contributed by atoms with E-state index >= 15 is 0 Å². The third-order valence-electron chi connectivity index (χ3n) is 2.45. The first-order chi connectivity index (χ1) is 9.40. The van der Waals surface area contributed by atoms with Gasteiger partial charge < -0.3 is 9.88 Å². The van der Waals surface area contributed by atoms with Gasteiger partial charge in [-0.15, -0.1) is 10.2 Å². The van der Waals surface area contributed by atoms with E-state index in [1.54, 1.807) is 4.57 Å². The summed E-state index contributed by atoms with van der Waals surface area (Å²) in [6.07, 6.45) is -3.04. The number of hydrogen-bond acceptors (Lipinski definition) is 5. The van der Waals surface area contributed by atoms with Crippen LogP contribution < -0.4 is 5.32 Å². The van der Waals surface area contributed by atoms with Crippen molar-refractivity contribution in [1.82, 2.24) is 24.7 Å². The van der Waals surface area contributed by atoms with Crippen LogP contribution in [0.3, 0.4) is 0 Å². The quantitative estimate of drug-likeness (QED) is 0.878. The molecule has 20 heavy (non-hydrogen) atoms. The number of aryl methyl sites for hydroxylation is 1. The van der Waals surface area contributed by atoms with Gasteiger partial charge in [0, 0.05) is 12.6 Å². The number of nitrogens with zero attached hydrogens (tertiary/aromatic N) is 5. The van der Waals surface area contributed by atoms with Gasteiger partial charge in [-0.3, -0.25) is 0 Å². The Kier molecular flexibility index (Phi) is 4.07. The lowest BCUT2D eigenvalue weighted by molar-refractivity contribution is -0.141. The molecule has 6 nitrogen and oxygen atoms in total. The highest BCUT2D eigenvalue weighted by Gasteiger charge is 2.33. The Bertz CT molecular complexity index is 597. The van der Waals surface area contributed by atoms with Crippen molar-refractivity contribution in [3.8, 4) is 0 Å². The van der Waals surface area contributed by atoms with E-state index in [1.807, 2.05) is 6.92 Å². The highest BCUT2D eigenvalue weighted by molar-refractivity contribution is 6.28. The molecule has 108 valence electrons. The monoisotopic (exact) mass is 306 g/mol. The molecular formula is C10H10ClF3N6. The van der Waals surface area contributed by atoms with Crippen molar-refractivity contribution in [1.29, 1.82) is 0 Å². The Morgan fingerprint density at radius 2 is 2.10 bits per heavy atom. The van der Waals surface area contributed by atoms with E-state index in [2.05, 4.69) is 25.5 Å². The van der Waals surface area contributed by atoms with Crippen LogP contribution in [0.4, 0.5) is 19.0 Å². The molecule has 2 aromatic rings. The summed E-state index contributed by atoms with van der Waals surface area (Å²) < 4.78 is 39.5. The Labute approximate surface area is 117 Å². The number of anilines is 1. The van der Waals surface area contributed by atoms with Crippen molar-refractivity contribution in [2.24, 2.45) is 0 Å². The van der Waals surface area contributed by atoms with Crippen LogP contribution in [0.1, 0.15) is 18.4 Å². The van der Waals surface area contributed by atoms with E-state index in [1.165, 1.54) is 6.33 Å². The molecule has 0 aliphatic heterocycles. The zero-order valence-corrected chi connectivity index (χ0v) is 11.1. The van der Waals surface area contributed by atoms with Crippen molar-refractivity contribution in [3.63, 3.8) is 0 Å². The lowest BCUT2D eigenvalue weighted by atomic mass is 10.4. The number of aromatic nitrogens is 5. The summed E-state index contributed by atoms with van der Waals surface area (Å²) in [5, 5.41) is 9.80. The second-order valence-corrected chi connectivity index (χ2v) is 4.13. The van der Waals surface area contributed by atoms with Crippen molar-refractivity contribution < 1.29 is 13.2 Å². The molecule has 0 spiro atoms. The minimum atomic E-state index is -4.58. The minimum Gasteiger partial charge on any atom is -0.363 e. The van der Waals surface area contributed by atoms with Gasteiger partial charge in [-0.25, -0.2) is 9.97 Å². The van der Waals surface area contributed by atoms with E-state index in [9.17, 15) is 13.2 Å². The summed E-state index contributed by atoms with van der Waals surface area (Å²) in [5.41, 5.74) is -1.10. The number of rotatable bonds is 4. The van der Waals surface area contributed by atoms with E-state index in [4.69, 9.17) is 11.6 Å². The van der Waals surface area contributed by atoms with Crippen molar-refractivity contribution in [3.05, 3.63) is 29.2 Å². The Morgan fingerprint density at radius 3 is 2.75 bits per heavy atom. The number of halogens is 4. The van der Waals surface area contributed by atoms with Gasteiger partial charge in [-0.2, -0.15) is 13.2 Å². The predicted molar refractivity (Wildman–Crippen MR) is 65.1 cm³/mol. The highest BCUT2D eigenvalue weighted by Crippen LogP contribution is 2.29. The summed E-state index contributed by atoms with van der Waals surface area (Å²) >= 11 is 5.48. The van der Waals surface area contributed by atoms with Gasteiger partial charge in [0.25, 0.3) is 0 Å². The largest absolute Gasteiger partial charge is 0.433 e. The SMILES string of the molecule is CCn1cnnc1CNc1cc(C(F)(F)F)nc(Cl)n1. The van der Waals surface area contributed by atoms with Gasteiger partial charge in [-0.1, -0.05) is 0 Å². The Balaban J connectivity index is 2.16. The first-order valence-electron chi connectivity index (χ1n) is 5.62. The normalized spacial score (nSPS) is 11.7. The van der Waals surface area contributed by atoms with Gasteiger partial charge in [0.2, 0.25) is 5.28 Å². The van der Waals surface area contributed by atoms with Crippen LogP contribution in [0.5, 0.6) is 0 Å². The molecule has 0 unspecified atom stereocenters. The van der Waals surface area contributed by atoms with Gasteiger partial charge in [0.15, 0.2) is 11.5 Å². The van der Waals surface area contributed by atoms with Gasteiger partial charge in [0.1, 0.15) is 12.1 Å². The lowest BCUT2D eigenvalue weighted by Crippen LogP contribution is -2.12. The van der Waals surface area contributed by atoms with Crippen LogP contribution in [0.2, 0.25) is 5.28 Å². The standard InChI is InChI=1S/C10H10ClF3N6/c1-2-20-5-16-19-8(20)4-15-7-3-6(10(12,13)14)17-9(11)18-7/h3,5H,2,4H2,1H3,(H,15,17,18). The molecule has 0 aliphatic carbocycles. The van der Waals surface area contributed by atoms with Crippen LogP contribution in [0.15, 0.2) is 12.4 Å². The van der Waals surface area contributed by atoms with Crippen molar-refractivity contribution in [2.45, 2.75) is 26.2 Å². The number of nitrogens with one attached hydrogen (secondary N) is 1. The molecule has 0 saturated heterocycles. The maximum absolute atomic E-state index is 12.6.